The molecule has 0 radical (unpaired) electrons. The molecule has 2 aromatic rings. The Morgan fingerprint density at radius 3 is 2.43 bits per heavy atom. The van der Waals surface area contributed by atoms with E-state index in [9.17, 15) is 9.59 Å². The molecule has 1 heterocycles. The van der Waals surface area contributed by atoms with Crippen LogP contribution in [0.5, 0.6) is 0 Å². The molecule has 0 spiro atoms. The Hall–Kier alpha value is -3.06. The molecule has 0 N–H and O–H groups in total. The highest BCUT2D eigenvalue weighted by Crippen LogP contribution is 2.26. The van der Waals surface area contributed by atoms with Gasteiger partial charge >= 0.3 is 0 Å². The van der Waals surface area contributed by atoms with Crippen LogP contribution in [0.25, 0.3) is 0 Å². The molecule has 30 heavy (non-hydrogen) atoms. The van der Waals surface area contributed by atoms with Gasteiger partial charge in [0, 0.05) is 25.9 Å². The van der Waals surface area contributed by atoms with E-state index in [1.165, 1.54) is 5.56 Å². The number of amides is 2. The molecule has 3 rings (SSSR count). The third-order valence-corrected chi connectivity index (χ3v) is 5.52. The van der Waals surface area contributed by atoms with Gasteiger partial charge in [-0.3, -0.25) is 9.59 Å². The van der Waals surface area contributed by atoms with Gasteiger partial charge in [-0.1, -0.05) is 73.9 Å². The van der Waals surface area contributed by atoms with Crippen molar-refractivity contribution < 1.29 is 9.59 Å². The first kappa shape index (κ1) is 21.6. The van der Waals surface area contributed by atoms with Gasteiger partial charge in [-0.2, -0.15) is 0 Å². The molecular formula is C26H30N2O2. The highest BCUT2D eigenvalue weighted by Gasteiger charge is 2.36. The number of aryl methyl sites for hydroxylation is 1. The van der Waals surface area contributed by atoms with Crippen LogP contribution in [0.2, 0.25) is 0 Å². The average molecular weight is 403 g/mol. The van der Waals surface area contributed by atoms with Gasteiger partial charge < -0.3 is 9.80 Å². The van der Waals surface area contributed by atoms with Crippen LogP contribution in [0.4, 0.5) is 0 Å². The molecule has 156 valence electrons. The number of fused-ring (bicyclic) bond motifs is 1. The lowest BCUT2D eigenvalue weighted by molar-refractivity contribution is -0.147. The number of benzene rings is 2. The summed E-state index contributed by atoms with van der Waals surface area (Å²) < 4.78 is 0. The molecule has 1 atom stereocenters. The summed E-state index contributed by atoms with van der Waals surface area (Å²) in [5.74, 6) is 2.79. The second-order valence-electron chi connectivity index (χ2n) is 8.49. The minimum Gasteiger partial charge on any atom is -0.326 e. The average Bonchev–Trinajstić information content (AvgIpc) is 2.73. The van der Waals surface area contributed by atoms with E-state index in [1.54, 1.807) is 9.80 Å². The molecule has 1 aliphatic heterocycles. The summed E-state index contributed by atoms with van der Waals surface area (Å²) in [7, 11) is 0. The first-order chi connectivity index (χ1) is 14.4. The fourth-order valence-electron chi connectivity index (χ4n) is 3.92. The van der Waals surface area contributed by atoms with Crippen LogP contribution in [0, 0.1) is 25.2 Å². The molecule has 4 nitrogen and oxygen atoms in total. The van der Waals surface area contributed by atoms with Crippen molar-refractivity contribution in [3.63, 3.8) is 0 Å². The first-order valence-corrected chi connectivity index (χ1v) is 10.5. The number of hydrogen-bond acceptors (Lipinski definition) is 2. The third-order valence-electron chi connectivity index (χ3n) is 5.52. The lowest BCUT2D eigenvalue weighted by Gasteiger charge is -2.38. The summed E-state index contributed by atoms with van der Waals surface area (Å²) in [5.41, 5.74) is 4.43. The van der Waals surface area contributed by atoms with Gasteiger partial charge in [0.1, 0.15) is 6.04 Å². The van der Waals surface area contributed by atoms with Crippen molar-refractivity contribution in [1.29, 1.82) is 0 Å². The van der Waals surface area contributed by atoms with Gasteiger partial charge in [0.15, 0.2) is 0 Å². The van der Waals surface area contributed by atoms with Gasteiger partial charge in [0.25, 0.3) is 0 Å². The standard InChI is InChI=1S/C26H30N2O2/c1-5-14-27(17-21-12-10-20(4)11-13-21)26(30)24-16-22-8-6-7-9-23(22)18-28(24)25(29)15-19(2)3/h1,6-13,19,24H,14-18H2,2-4H3. The van der Waals surface area contributed by atoms with Gasteiger partial charge in [-0.05, 0) is 29.5 Å². The molecule has 2 aromatic carbocycles. The van der Waals surface area contributed by atoms with Gasteiger partial charge in [0.05, 0.1) is 6.54 Å². The number of terminal acetylenes is 1. The largest absolute Gasteiger partial charge is 0.326 e. The summed E-state index contributed by atoms with van der Waals surface area (Å²) in [6.07, 6.45) is 6.54. The molecule has 1 aliphatic rings. The van der Waals surface area contributed by atoms with Crippen LogP contribution >= 0.6 is 0 Å². The van der Waals surface area contributed by atoms with Crippen LogP contribution in [0.15, 0.2) is 48.5 Å². The molecular weight excluding hydrogens is 372 g/mol. The normalized spacial score (nSPS) is 15.4. The highest BCUT2D eigenvalue weighted by molar-refractivity contribution is 5.88. The molecule has 0 bridgehead atoms. The second-order valence-corrected chi connectivity index (χ2v) is 8.49. The van der Waals surface area contributed by atoms with E-state index in [4.69, 9.17) is 6.42 Å². The Morgan fingerprint density at radius 1 is 1.13 bits per heavy atom. The minimum absolute atomic E-state index is 0.0221. The van der Waals surface area contributed by atoms with Crippen molar-refractivity contribution in [1.82, 2.24) is 9.80 Å². The fourth-order valence-corrected chi connectivity index (χ4v) is 3.92. The predicted octanol–water partition coefficient (Wildman–Crippen LogP) is 3.96. The zero-order chi connectivity index (χ0) is 21.7. The molecule has 2 amide bonds. The van der Waals surface area contributed by atoms with E-state index in [0.717, 1.165) is 16.7 Å². The molecule has 0 saturated heterocycles. The van der Waals surface area contributed by atoms with Crippen LogP contribution in [-0.4, -0.2) is 34.2 Å². The number of carbonyl (C=O) groups excluding carboxylic acids is 2. The van der Waals surface area contributed by atoms with Crippen molar-refractivity contribution in [3.05, 3.63) is 70.8 Å². The van der Waals surface area contributed by atoms with Crippen LogP contribution in [-0.2, 0) is 29.1 Å². The zero-order valence-electron chi connectivity index (χ0n) is 18.1. The number of carbonyl (C=O) groups is 2. The monoisotopic (exact) mass is 402 g/mol. The Labute approximate surface area is 179 Å². The molecule has 0 saturated carbocycles. The summed E-state index contributed by atoms with van der Waals surface area (Å²) in [6.45, 7) is 7.20. The molecule has 0 aromatic heterocycles. The van der Waals surface area contributed by atoms with E-state index >= 15 is 0 Å². The maximum absolute atomic E-state index is 13.6. The molecule has 4 heteroatoms. The maximum atomic E-state index is 13.6. The third kappa shape index (κ3) is 5.10. The van der Waals surface area contributed by atoms with E-state index in [-0.39, 0.29) is 24.3 Å². The summed E-state index contributed by atoms with van der Waals surface area (Å²) >= 11 is 0. The second kappa shape index (κ2) is 9.63. The Bertz CT molecular complexity index is 940. The summed E-state index contributed by atoms with van der Waals surface area (Å²) in [6, 6.07) is 15.6. The van der Waals surface area contributed by atoms with Crippen molar-refractivity contribution in [3.8, 4) is 12.3 Å². The Morgan fingerprint density at radius 2 is 1.80 bits per heavy atom. The molecule has 1 unspecified atom stereocenters. The maximum Gasteiger partial charge on any atom is 0.246 e. The topological polar surface area (TPSA) is 40.6 Å². The number of rotatable bonds is 6. The SMILES string of the molecule is C#CCN(Cc1ccc(C)cc1)C(=O)C1Cc2ccccc2CN1C(=O)CC(C)C. The van der Waals surface area contributed by atoms with E-state index in [1.807, 2.05) is 69.3 Å². The smallest absolute Gasteiger partial charge is 0.246 e. The number of nitrogens with zero attached hydrogens (tertiary/aromatic N) is 2. The molecule has 0 aliphatic carbocycles. The summed E-state index contributed by atoms with van der Waals surface area (Å²) in [4.78, 5) is 30.1. The van der Waals surface area contributed by atoms with Gasteiger partial charge in [0.2, 0.25) is 11.8 Å². The van der Waals surface area contributed by atoms with E-state index in [0.29, 0.717) is 25.9 Å². The zero-order valence-corrected chi connectivity index (χ0v) is 18.1. The van der Waals surface area contributed by atoms with Gasteiger partial charge in [-0.15, -0.1) is 6.42 Å². The fraction of sp³-hybridized carbons (Fsp3) is 0.385. The Kier molecular flexibility index (Phi) is 6.95. The lowest BCUT2D eigenvalue weighted by atomic mass is 9.92. The minimum atomic E-state index is -0.523. The van der Waals surface area contributed by atoms with Crippen molar-refractivity contribution >= 4 is 11.8 Å². The van der Waals surface area contributed by atoms with Gasteiger partial charge in [-0.25, -0.2) is 0 Å². The Balaban J connectivity index is 1.88. The van der Waals surface area contributed by atoms with Crippen LogP contribution in [0.3, 0.4) is 0 Å². The van der Waals surface area contributed by atoms with Crippen LogP contribution in [0.1, 0.15) is 42.5 Å². The first-order valence-electron chi connectivity index (χ1n) is 10.5. The van der Waals surface area contributed by atoms with Crippen molar-refractivity contribution in [2.75, 3.05) is 6.54 Å². The van der Waals surface area contributed by atoms with Crippen molar-refractivity contribution in [2.24, 2.45) is 5.92 Å². The van der Waals surface area contributed by atoms with Crippen molar-refractivity contribution in [2.45, 2.75) is 52.7 Å². The predicted molar refractivity (Wildman–Crippen MR) is 119 cm³/mol. The van der Waals surface area contributed by atoms with E-state index < -0.39 is 6.04 Å². The number of hydrogen-bond donors (Lipinski definition) is 0. The summed E-state index contributed by atoms with van der Waals surface area (Å²) in [5, 5.41) is 0. The quantitative estimate of drug-likeness (QED) is 0.687. The van der Waals surface area contributed by atoms with Crippen LogP contribution < -0.4 is 0 Å². The van der Waals surface area contributed by atoms with E-state index in [2.05, 4.69) is 5.92 Å². The molecule has 0 fully saturated rings. The lowest BCUT2D eigenvalue weighted by Crippen LogP contribution is -2.53. The highest BCUT2D eigenvalue weighted by atomic mass is 16.2.